The summed E-state index contributed by atoms with van der Waals surface area (Å²) < 4.78 is 5.51. The molecule has 0 heterocycles. The molecule has 0 spiro atoms. The molecule has 1 amide bonds. The normalized spacial score (nSPS) is 12.6. The molecule has 0 fully saturated rings. The minimum absolute atomic E-state index is 0.0217. The molecule has 0 aliphatic rings. The average Bonchev–Trinajstić information content (AvgIpc) is 3.48. The zero-order valence-corrected chi connectivity index (χ0v) is 55.8. The van der Waals surface area contributed by atoms with E-state index in [2.05, 4.69) is 31.3 Å². The van der Waals surface area contributed by atoms with Gasteiger partial charge in [0.1, 0.15) is 0 Å². The SMILES string of the molecule is CCCCCCCCCCCCCCCCCC/C=C/C(O)C(CO)NC(=O)CCCCCCCCCCCCCCCC/C=C\CCCCCCCCCCCCCCOC(=O)CCCCCCCCCCCCCCCCCCC. The number of carbonyl (C=O) groups excluding carboxylic acids is 2. The van der Waals surface area contributed by atoms with Gasteiger partial charge in [-0.2, -0.15) is 0 Å². The number of unbranched alkanes of at least 4 members (excludes halogenated alkanes) is 58. The number of aliphatic hydroxyl groups excluding tert-OH is 2. The number of rotatable bonds is 71. The summed E-state index contributed by atoms with van der Waals surface area (Å²) in [5.41, 5.74) is 0. The van der Waals surface area contributed by atoms with Gasteiger partial charge in [0.2, 0.25) is 5.91 Å². The molecule has 6 nitrogen and oxygen atoms in total. The van der Waals surface area contributed by atoms with Crippen LogP contribution in [0.15, 0.2) is 24.3 Å². The fraction of sp³-hybridized carbons (Fsp3) is 0.921. The van der Waals surface area contributed by atoms with E-state index in [4.69, 9.17) is 4.74 Å². The molecule has 0 bridgehead atoms. The summed E-state index contributed by atoms with van der Waals surface area (Å²) in [5.74, 6) is -0.0410. The Kier molecular flexibility index (Phi) is 70.4. The summed E-state index contributed by atoms with van der Waals surface area (Å²) in [5, 5.41) is 23.2. The number of esters is 1. The maximum atomic E-state index is 12.5. The third-order valence-electron chi connectivity index (χ3n) is 17.7. The minimum atomic E-state index is -0.844. The van der Waals surface area contributed by atoms with Crippen LogP contribution >= 0.6 is 0 Å². The van der Waals surface area contributed by atoms with Crippen molar-refractivity contribution in [2.24, 2.45) is 0 Å². The van der Waals surface area contributed by atoms with Gasteiger partial charge in [-0.1, -0.05) is 378 Å². The second kappa shape index (κ2) is 71.8. The summed E-state index contributed by atoms with van der Waals surface area (Å²) in [4.78, 5) is 24.6. The fourth-order valence-electron chi connectivity index (χ4n) is 12.0. The summed E-state index contributed by atoms with van der Waals surface area (Å²) >= 11 is 0. The van der Waals surface area contributed by atoms with Gasteiger partial charge in [-0.25, -0.2) is 0 Å². The molecular formula is C76H147NO5. The molecule has 0 radical (unpaired) electrons. The Labute approximate surface area is 513 Å². The average molecular weight is 1160 g/mol. The van der Waals surface area contributed by atoms with E-state index in [1.54, 1.807) is 6.08 Å². The first-order valence-corrected chi connectivity index (χ1v) is 37.6. The molecular weight excluding hydrogens is 1010 g/mol. The summed E-state index contributed by atoms with van der Waals surface area (Å²) in [6.45, 7) is 4.95. The highest BCUT2D eigenvalue weighted by molar-refractivity contribution is 5.76. The molecule has 0 aromatic heterocycles. The molecule has 82 heavy (non-hydrogen) atoms. The van der Waals surface area contributed by atoms with Crippen molar-refractivity contribution in [2.75, 3.05) is 13.2 Å². The Morgan fingerprint density at radius 1 is 0.329 bits per heavy atom. The fourth-order valence-corrected chi connectivity index (χ4v) is 12.0. The van der Waals surface area contributed by atoms with E-state index in [-0.39, 0.29) is 18.5 Å². The van der Waals surface area contributed by atoms with E-state index in [1.165, 1.54) is 360 Å². The quantitative estimate of drug-likeness (QED) is 0.0320. The smallest absolute Gasteiger partial charge is 0.305 e. The first-order valence-electron chi connectivity index (χ1n) is 37.6. The summed E-state index contributed by atoms with van der Waals surface area (Å²) in [6.07, 6.45) is 91.4. The number of aliphatic hydroxyl groups is 2. The van der Waals surface area contributed by atoms with Gasteiger partial charge >= 0.3 is 5.97 Å². The molecule has 2 unspecified atom stereocenters. The Morgan fingerprint density at radius 2 is 0.573 bits per heavy atom. The Morgan fingerprint density at radius 3 is 0.866 bits per heavy atom. The highest BCUT2D eigenvalue weighted by Gasteiger charge is 2.18. The topological polar surface area (TPSA) is 95.9 Å². The van der Waals surface area contributed by atoms with Crippen molar-refractivity contribution >= 4 is 11.9 Å². The van der Waals surface area contributed by atoms with Crippen LogP contribution in [-0.2, 0) is 14.3 Å². The predicted molar refractivity (Wildman–Crippen MR) is 361 cm³/mol. The number of hydrogen-bond acceptors (Lipinski definition) is 5. The molecule has 0 aliphatic carbocycles. The second-order valence-corrected chi connectivity index (χ2v) is 26.0. The van der Waals surface area contributed by atoms with Crippen LogP contribution in [0.3, 0.4) is 0 Å². The van der Waals surface area contributed by atoms with Gasteiger partial charge in [0, 0.05) is 12.8 Å². The first kappa shape index (κ1) is 80.3. The number of amides is 1. The van der Waals surface area contributed by atoms with E-state index >= 15 is 0 Å². The van der Waals surface area contributed by atoms with Gasteiger partial charge < -0.3 is 20.3 Å². The van der Waals surface area contributed by atoms with Gasteiger partial charge in [0.15, 0.2) is 0 Å². The standard InChI is InChI=1S/C76H147NO5/c1-3-5-7-9-11-13-15-17-19-21-37-40-44-48-52-56-60-64-68-74(79)73(72-78)77-75(80)69-65-61-57-53-49-45-41-38-34-32-30-28-26-24-22-23-25-27-29-31-33-35-39-43-47-51-55-59-63-67-71-82-76(81)70-66-62-58-54-50-46-42-36-20-18-16-14-12-10-8-6-4-2/h23,25,64,68,73-74,78-79H,3-22,24,26-63,65-67,69-72H2,1-2H3,(H,77,80)/b25-23-,68-64+. The second-order valence-electron chi connectivity index (χ2n) is 26.0. The van der Waals surface area contributed by atoms with Gasteiger partial charge in [-0.3, -0.25) is 9.59 Å². The van der Waals surface area contributed by atoms with Gasteiger partial charge in [0.05, 0.1) is 25.4 Å². The predicted octanol–water partition coefficient (Wildman–Crippen LogP) is 24.5. The Balaban J connectivity index is 3.37. The minimum Gasteiger partial charge on any atom is -0.466 e. The van der Waals surface area contributed by atoms with E-state index in [0.29, 0.717) is 19.4 Å². The van der Waals surface area contributed by atoms with E-state index in [0.717, 1.165) is 38.5 Å². The Bertz CT molecular complexity index is 1280. The van der Waals surface area contributed by atoms with Crippen LogP contribution in [-0.4, -0.2) is 47.4 Å². The third-order valence-corrected chi connectivity index (χ3v) is 17.7. The lowest BCUT2D eigenvalue weighted by Gasteiger charge is -2.20. The molecule has 0 aliphatic heterocycles. The van der Waals surface area contributed by atoms with Crippen LogP contribution < -0.4 is 5.32 Å². The van der Waals surface area contributed by atoms with Crippen molar-refractivity contribution < 1.29 is 24.5 Å². The largest absolute Gasteiger partial charge is 0.466 e. The zero-order valence-electron chi connectivity index (χ0n) is 55.8. The molecule has 0 saturated carbocycles. The first-order chi connectivity index (χ1) is 40.5. The highest BCUT2D eigenvalue weighted by atomic mass is 16.5. The lowest BCUT2D eigenvalue weighted by molar-refractivity contribution is -0.143. The van der Waals surface area contributed by atoms with E-state index in [9.17, 15) is 19.8 Å². The van der Waals surface area contributed by atoms with E-state index in [1.807, 2.05) is 6.08 Å². The number of allylic oxidation sites excluding steroid dienone is 3. The van der Waals surface area contributed by atoms with Crippen molar-refractivity contribution in [1.29, 1.82) is 0 Å². The van der Waals surface area contributed by atoms with Gasteiger partial charge in [-0.05, 0) is 57.8 Å². The van der Waals surface area contributed by atoms with Crippen molar-refractivity contribution in [2.45, 2.75) is 437 Å². The van der Waals surface area contributed by atoms with Crippen LogP contribution in [0.1, 0.15) is 425 Å². The molecule has 0 aromatic rings. The summed E-state index contributed by atoms with van der Waals surface area (Å²) in [7, 11) is 0. The maximum absolute atomic E-state index is 12.5. The molecule has 2 atom stereocenters. The molecule has 3 N–H and O–H groups in total. The lowest BCUT2D eigenvalue weighted by Crippen LogP contribution is -2.45. The van der Waals surface area contributed by atoms with Crippen LogP contribution in [0.25, 0.3) is 0 Å². The van der Waals surface area contributed by atoms with Crippen LogP contribution in [0, 0.1) is 0 Å². The van der Waals surface area contributed by atoms with Crippen molar-refractivity contribution in [1.82, 2.24) is 5.32 Å². The summed E-state index contributed by atoms with van der Waals surface area (Å²) in [6, 6.07) is -0.627. The number of ether oxygens (including phenoxy) is 1. The molecule has 0 aromatic carbocycles. The molecule has 486 valence electrons. The van der Waals surface area contributed by atoms with Gasteiger partial charge in [-0.15, -0.1) is 0 Å². The van der Waals surface area contributed by atoms with Crippen molar-refractivity contribution in [3.05, 3.63) is 24.3 Å². The highest BCUT2D eigenvalue weighted by Crippen LogP contribution is 2.19. The zero-order chi connectivity index (χ0) is 59.2. The number of carbonyl (C=O) groups is 2. The van der Waals surface area contributed by atoms with E-state index < -0.39 is 12.1 Å². The van der Waals surface area contributed by atoms with Crippen molar-refractivity contribution in [3.63, 3.8) is 0 Å². The Hall–Kier alpha value is -1.66. The maximum Gasteiger partial charge on any atom is 0.305 e. The molecule has 0 rings (SSSR count). The van der Waals surface area contributed by atoms with Crippen molar-refractivity contribution in [3.8, 4) is 0 Å². The lowest BCUT2D eigenvalue weighted by atomic mass is 10.0. The van der Waals surface area contributed by atoms with Crippen LogP contribution in [0.5, 0.6) is 0 Å². The third kappa shape index (κ3) is 67.5. The monoisotopic (exact) mass is 1150 g/mol. The van der Waals surface area contributed by atoms with Gasteiger partial charge in [0.25, 0.3) is 0 Å². The molecule has 6 heteroatoms. The van der Waals surface area contributed by atoms with Crippen LogP contribution in [0.2, 0.25) is 0 Å². The number of nitrogens with one attached hydrogen (secondary N) is 1. The van der Waals surface area contributed by atoms with Crippen LogP contribution in [0.4, 0.5) is 0 Å². The molecule has 0 saturated heterocycles. The number of hydrogen-bond donors (Lipinski definition) is 3.